The number of aliphatic carboxylic acids is 1. The van der Waals surface area contributed by atoms with E-state index in [9.17, 15) is 15.0 Å². The summed E-state index contributed by atoms with van der Waals surface area (Å²) in [6, 6.07) is 7.50. The maximum Gasteiger partial charge on any atom is 0.303 e. The number of allylic oxidation sites excluding steroid dienone is 1. The first kappa shape index (κ1) is 21.9. The average molecular weight is 395 g/mol. The van der Waals surface area contributed by atoms with E-state index in [0.29, 0.717) is 17.4 Å². The highest BCUT2D eigenvalue weighted by atomic mass is 35.5. The number of halogens is 1. The maximum atomic E-state index is 10.5. The van der Waals surface area contributed by atoms with Gasteiger partial charge in [0.25, 0.3) is 0 Å². The molecule has 5 heteroatoms. The molecule has 2 rings (SSSR count). The van der Waals surface area contributed by atoms with Crippen LogP contribution in [0.25, 0.3) is 0 Å². The summed E-state index contributed by atoms with van der Waals surface area (Å²) in [5.74, 6) is -0.189. The second-order valence-corrected chi connectivity index (χ2v) is 8.04. The zero-order chi connectivity index (χ0) is 19.6. The lowest BCUT2D eigenvalue weighted by Gasteiger charge is -2.20. The molecule has 1 aliphatic carbocycles. The predicted molar refractivity (Wildman–Crippen MR) is 108 cm³/mol. The Morgan fingerprint density at radius 2 is 1.85 bits per heavy atom. The minimum atomic E-state index is -0.733. The average Bonchev–Trinajstić information content (AvgIpc) is 2.98. The highest BCUT2D eigenvalue weighted by Crippen LogP contribution is 2.36. The molecule has 0 bridgehead atoms. The molecule has 1 fully saturated rings. The molecular weight excluding hydrogens is 364 g/mol. The van der Waals surface area contributed by atoms with Gasteiger partial charge in [-0.25, -0.2) is 0 Å². The third-order valence-electron chi connectivity index (χ3n) is 5.46. The summed E-state index contributed by atoms with van der Waals surface area (Å²) in [6.07, 6.45) is 10.3. The number of carboxylic acid groups (broad SMARTS) is 1. The molecule has 1 aromatic carbocycles. The summed E-state index contributed by atoms with van der Waals surface area (Å²) in [5.41, 5.74) is 1.04. The fourth-order valence-electron chi connectivity index (χ4n) is 3.93. The Morgan fingerprint density at radius 1 is 1.15 bits per heavy atom. The summed E-state index contributed by atoms with van der Waals surface area (Å²) in [7, 11) is 0. The number of hydrogen-bond acceptors (Lipinski definition) is 3. The third-order valence-corrected chi connectivity index (χ3v) is 5.71. The van der Waals surface area contributed by atoms with E-state index in [2.05, 4.69) is 6.08 Å². The van der Waals surface area contributed by atoms with Crippen LogP contribution in [-0.2, 0) is 11.2 Å². The number of hydrogen-bond donors (Lipinski definition) is 3. The van der Waals surface area contributed by atoms with Crippen LogP contribution in [0.5, 0.6) is 0 Å². The van der Waals surface area contributed by atoms with Crippen molar-refractivity contribution in [2.45, 2.75) is 70.0 Å². The fourth-order valence-corrected chi connectivity index (χ4v) is 4.06. The van der Waals surface area contributed by atoms with Crippen LogP contribution in [0.3, 0.4) is 0 Å². The molecule has 1 saturated carbocycles. The van der Waals surface area contributed by atoms with Crippen molar-refractivity contribution < 1.29 is 20.1 Å². The molecule has 0 unspecified atom stereocenters. The number of carbonyl (C=O) groups is 1. The molecule has 4 nitrogen and oxygen atoms in total. The largest absolute Gasteiger partial charge is 0.481 e. The first-order valence-corrected chi connectivity index (χ1v) is 10.3. The Balaban J connectivity index is 1.75. The fraction of sp³-hybridized carbons (Fsp3) is 0.591. The Labute approximate surface area is 166 Å². The van der Waals surface area contributed by atoms with Gasteiger partial charge in [-0.3, -0.25) is 4.79 Å². The van der Waals surface area contributed by atoms with Crippen LogP contribution in [0.15, 0.2) is 36.4 Å². The van der Waals surface area contributed by atoms with Crippen molar-refractivity contribution in [1.82, 2.24) is 0 Å². The van der Waals surface area contributed by atoms with E-state index >= 15 is 0 Å². The zero-order valence-electron chi connectivity index (χ0n) is 15.8. The van der Waals surface area contributed by atoms with Crippen molar-refractivity contribution in [3.8, 4) is 0 Å². The Morgan fingerprint density at radius 3 is 2.56 bits per heavy atom. The van der Waals surface area contributed by atoms with E-state index in [-0.39, 0.29) is 18.4 Å². The first-order valence-electron chi connectivity index (χ1n) is 9.96. The molecule has 0 heterocycles. The van der Waals surface area contributed by atoms with Gasteiger partial charge in [0.1, 0.15) is 0 Å². The number of aliphatic hydroxyl groups is 2. The van der Waals surface area contributed by atoms with E-state index in [1.54, 1.807) is 0 Å². The molecule has 0 aromatic heterocycles. The predicted octanol–water partition coefficient (Wildman–Crippen LogP) is 4.61. The van der Waals surface area contributed by atoms with Crippen LogP contribution in [0.4, 0.5) is 0 Å². The summed E-state index contributed by atoms with van der Waals surface area (Å²) < 4.78 is 0. The maximum absolute atomic E-state index is 10.5. The smallest absolute Gasteiger partial charge is 0.303 e. The molecule has 0 amide bonds. The quantitative estimate of drug-likeness (QED) is 0.378. The molecule has 4 atom stereocenters. The van der Waals surface area contributed by atoms with Gasteiger partial charge in [0.15, 0.2) is 0 Å². The molecule has 0 saturated heterocycles. The number of aliphatic hydroxyl groups excluding tert-OH is 2. The van der Waals surface area contributed by atoms with Crippen molar-refractivity contribution in [2.75, 3.05) is 0 Å². The minimum absolute atomic E-state index is 0.239. The lowest BCUT2D eigenvalue weighted by atomic mass is 9.88. The van der Waals surface area contributed by atoms with Gasteiger partial charge in [0.05, 0.1) is 12.2 Å². The Bertz CT molecular complexity index is 599. The van der Waals surface area contributed by atoms with Gasteiger partial charge in [0.2, 0.25) is 0 Å². The van der Waals surface area contributed by atoms with Crippen molar-refractivity contribution in [3.05, 3.63) is 47.0 Å². The van der Waals surface area contributed by atoms with E-state index in [1.165, 1.54) is 0 Å². The van der Waals surface area contributed by atoms with Gasteiger partial charge in [-0.2, -0.15) is 0 Å². The van der Waals surface area contributed by atoms with Crippen molar-refractivity contribution >= 4 is 17.6 Å². The highest BCUT2D eigenvalue weighted by molar-refractivity contribution is 6.30. The van der Waals surface area contributed by atoms with Gasteiger partial charge in [-0.05, 0) is 55.2 Å². The van der Waals surface area contributed by atoms with Crippen molar-refractivity contribution in [1.29, 1.82) is 0 Å². The molecule has 0 radical (unpaired) electrons. The highest BCUT2D eigenvalue weighted by Gasteiger charge is 2.32. The zero-order valence-corrected chi connectivity index (χ0v) is 16.5. The summed E-state index contributed by atoms with van der Waals surface area (Å²) >= 11 is 5.88. The minimum Gasteiger partial charge on any atom is -0.481 e. The van der Waals surface area contributed by atoms with Crippen LogP contribution in [0.1, 0.15) is 56.9 Å². The summed E-state index contributed by atoms with van der Waals surface area (Å²) in [5, 5.41) is 29.9. The number of unbranched alkanes of at least 4 members (excludes halogenated alkanes) is 3. The van der Waals surface area contributed by atoms with Crippen LogP contribution < -0.4 is 0 Å². The first-order chi connectivity index (χ1) is 13.0. The van der Waals surface area contributed by atoms with Gasteiger partial charge >= 0.3 is 5.97 Å². The normalized spacial score (nSPS) is 23.7. The molecule has 1 aromatic rings. The molecule has 3 N–H and O–H groups in total. The second kappa shape index (κ2) is 11.5. The molecule has 27 heavy (non-hydrogen) atoms. The van der Waals surface area contributed by atoms with Gasteiger partial charge in [-0.15, -0.1) is 0 Å². The summed E-state index contributed by atoms with van der Waals surface area (Å²) in [6.45, 7) is 0. The number of rotatable bonds is 11. The Hall–Kier alpha value is -1.36. The van der Waals surface area contributed by atoms with Crippen LogP contribution in [-0.4, -0.2) is 33.5 Å². The van der Waals surface area contributed by atoms with Gasteiger partial charge in [-0.1, -0.05) is 55.1 Å². The monoisotopic (exact) mass is 394 g/mol. The SMILES string of the molecule is O=C(O)CCCCCC[C@H]1[C@@H](O)CC[C@@H]1C=C[C@@H](O)Cc1ccc(Cl)cc1. The van der Waals surface area contributed by atoms with Gasteiger partial charge < -0.3 is 15.3 Å². The molecular formula is C22H31ClO4. The number of carboxylic acids is 1. The van der Waals surface area contributed by atoms with Crippen molar-refractivity contribution in [2.24, 2.45) is 11.8 Å². The molecule has 0 spiro atoms. The lowest BCUT2D eigenvalue weighted by Crippen LogP contribution is -2.18. The van der Waals surface area contributed by atoms with Crippen molar-refractivity contribution in [3.63, 3.8) is 0 Å². The molecule has 150 valence electrons. The second-order valence-electron chi connectivity index (χ2n) is 7.60. The lowest BCUT2D eigenvalue weighted by molar-refractivity contribution is -0.137. The Kier molecular flexibility index (Phi) is 9.32. The van der Waals surface area contributed by atoms with Crippen LogP contribution in [0.2, 0.25) is 5.02 Å². The van der Waals surface area contributed by atoms with E-state index in [0.717, 1.165) is 50.5 Å². The molecule has 0 aliphatic heterocycles. The van der Waals surface area contributed by atoms with E-state index < -0.39 is 12.1 Å². The summed E-state index contributed by atoms with van der Waals surface area (Å²) in [4.78, 5) is 10.5. The standard InChI is InChI=1S/C22H31ClO4/c23-18-11-7-16(8-12-18)15-19(24)13-9-17-10-14-21(25)20(17)5-3-1-2-4-6-22(26)27/h7-9,11-13,17,19-21,24-25H,1-6,10,14-15H2,(H,26,27)/t17-,19+,20+,21-/m0/s1. The third kappa shape index (κ3) is 8.04. The van der Waals surface area contributed by atoms with E-state index in [1.807, 2.05) is 30.3 Å². The topological polar surface area (TPSA) is 77.8 Å². The van der Waals surface area contributed by atoms with Crippen LogP contribution in [0, 0.1) is 11.8 Å². The number of benzene rings is 1. The molecule has 1 aliphatic rings. The van der Waals surface area contributed by atoms with E-state index in [4.69, 9.17) is 16.7 Å². The van der Waals surface area contributed by atoms with Crippen LogP contribution >= 0.6 is 11.6 Å². The van der Waals surface area contributed by atoms with Gasteiger partial charge in [0, 0.05) is 17.9 Å².